The highest BCUT2D eigenvalue weighted by Gasteiger charge is 2.29. The van der Waals surface area contributed by atoms with Crippen LogP contribution in [0.2, 0.25) is 0 Å². The first kappa shape index (κ1) is 13.3. The van der Waals surface area contributed by atoms with Crippen LogP contribution in [0.25, 0.3) is 0 Å². The molecule has 0 aromatic carbocycles. The number of hydrogen-bond acceptors (Lipinski definition) is 5. The summed E-state index contributed by atoms with van der Waals surface area (Å²) in [6, 6.07) is 4.56. The maximum absolute atomic E-state index is 9.00. The van der Waals surface area contributed by atoms with E-state index in [2.05, 4.69) is 26.3 Å². The van der Waals surface area contributed by atoms with Crippen LogP contribution in [0.5, 0.6) is 0 Å². The molecule has 2 saturated heterocycles. The van der Waals surface area contributed by atoms with Crippen molar-refractivity contribution in [2.24, 2.45) is 5.92 Å². The minimum absolute atomic E-state index is 0.465. The first-order valence-corrected chi connectivity index (χ1v) is 7.50. The Bertz CT molecular complexity index is 507. The second-order valence-corrected chi connectivity index (χ2v) is 5.83. The normalized spacial score (nSPS) is 23.8. The molecule has 1 aromatic rings. The fraction of sp³-hybridized carbons (Fsp3) is 0.667. The topological polar surface area (TPSA) is 64.8 Å². The lowest BCUT2D eigenvalue weighted by atomic mass is 9.89. The van der Waals surface area contributed by atoms with Crippen molar-refractivity contribution >= 4 is 5.95 Å². The lowest BCUT2D eigenvalue weighted by Gasteiger charge is -2.35. The maximum Gasteiger partial charge on any atom is 0.226 e. The number of aromatic nitrogens is 2. The van der Waals surface area contributed by atoms with Crippen molar-refractivity contribution in [3.05, 3.63) is 17.5 Å². The Labute approximate surface area is 120 Å². The molecule has 0 saturated carbocycles. The molecule has 20 heavy (non-hydrogen) atoms. The monoisotopic (exact) mass is 271 g/mol. The largest absolute Gasteiger partial charge is 0.341 e. The fourth-order valence-electron chi connectivity index (χ4n) is 3.37. The van der Waals surface area contributed by atoms with Crippen molar-refractivity contribution in [2.75, 3.05) is 24.5 Å². The first-order valence-electron chi connectivity index (χ1n) is 7.50. The summed E-state index contributed by atoms with van der Waals surface area (Å²) in [6.07, 6.45) is 5.02. The Morgan fingerprint density at radius 3 is 2.75 bits per heavy atom. The van der Waals surface area contributed by atoms with E-state index in [1.165, 1.54) is 32.2 Å². The predicted octanol–water partition coefficient (Wildman–Crippen LogP) is 1.63. The molecule has 2 aliphatic heterocycles. The van der Waals surface area contributed by atoms with E-state index in [1.807, 2.05) is 6.92 Å². The van der Waals surface area contributed by atoms with Crippen LogP contribution < -0.4 is 10.2 Å². The van der Waals surface area contributed by atoms with Gasteiger partial charge in [0.05, 0.1) is 0 Å². The van der Waals surface area contributed by atoms with Gasteiger partial charge in [-0.25, -0.2) is 9.97 Å². The Kier molecular flexibility index (Phi) is 3.83. The summed E-state index contributed by atoms with van der Waals surface area (Å²) in [5, 5.41) is 12.6. The zero-order chi connectivity index (χ0) is 13.9. The van der Waals surface area contributed by atoms with Gasteiger partial charge in [0.2, 0.25) is 5.95 Å². The Balaban J connectivity index is 1.65. The second kappa shape index (κ2) is 5.76. The van der Waals surface area contributed by atoms with Gasteiger partial charge in [-0.3, -0.25) is 0 Å². The molecule has 0 spiro atoms. The van der Waals surface area contributed by atoms with Gasteiger partial charge < -0.3 is 10.2 Å². The maximum atomic E-state index is 9.00. The van der Waals surface area contributed by atoms with Crippen molar-refractivity contribution < 1.29 is 0 Å². The molecule has 0 bridgehead atoms. The van der Waals surface area contributed by atoms with Crippen LogP contribution in [0.15, 0.2) is 6.07 Å². The van der Waals surface area contributed by atoms with Crippen molar-refractivity contribution in [1.29, 1.82) is 5.26 Å². The molecule has 0 amide bonds. The quantitative estimate of drug-likeness (QED) is 0.885. The summed E-state index contributed by atoms with van der Waals surface area (Å²) in [6.45, 7) is 5.09. The van der Waals surface area contributed by atoms with Crippen LogP contribution in [0.4, 0.5) is 5.95 Å². The summed E-state index contributed by atoms with van der Waals surface area (Å²) in [5.74, 6) is 1.51. The number of nitrogens with zero attached hydrogens (tertiary/aromatic N) is 4. The number of aryl methyl sites for hydroxylation is 1. The van der Waals surface area contributed by atoms with E-state index in [1.54, 1.807) is 6.07 Å². The highest BCUT2D eigenvalue weighted by molar-refractivity contribution is 5.36. The van der Waals surface area contributed by atoms with Gasteiger partial charge in [-0.05, 0) is 51.1 Å². The van der Waals surface area contributed by atoms with Crippen molar-refractivity contribution in [1.82, 2.24) is 15.3 Å². The Morgan fingerprint density at radius 2 is 2.10 bits per heavy atom. The molecular formula is C15H21N5. The number of anilines is 1. The van der Waals surface area contributed by atoms with Crippen LogP contribution in [-0.2, 0) is 0 Å². The highest BCUT2D eigenvalue weighted by Crippen LogP contribution is 2.27. The summed E-state index contributed by atoms with van der Waals surface area (Å²) in [4.78, 5) is 11.0. The molecule has 2 fully saturated rings. The summed E-state index contributed by atoms with van der Waals surface area (Å²) in [7, 11) is 0. The molecule has 1 unspecified atom stereocenters. The van der Waals surface area contributed by atoms with Gasteiger partial charge in [-0.2, -0.15) is 5.26 Å². The van der Waals surface area contributed by atoms with Crippen LogP contribution in [0.3, 0.4) is 0 Å². The van der Waals surface area contributed by atoms with E-state index in [4.69, 9.17) is 5.26 Å². The van der Waals surface area contributed by atoms with Gasteiger partial charge in [0.15, 0.2) is 0 Å². The van der Waals surface area contributed by atoms with Gasteiger partial charge in [-0.15, -0.1) is 0 Å². The smallest absolute Gasteiger partial charge is 0.226 e. The average Bonchev–Trinajstić information content (AvgIpc) is 3.01. The molecule has 1 atom stereocenters. The van der Waals surface area contributed by atoms with Gasteiger partial charge in [-0.1, -0.05) is 0 Å². The molecule has 5 nitrogen and oxygen atoms in total. The van der Waals surface area contributed by atoms with E-state index in [0.717, 1.165) is 30.6 Å². The lowest BCUT2D eigenvalue weighted by Crippen LogP contribution is -2.41. The molecule has 5 heteroatoms. The lowest BCUT2D eigenvalue weighted by molar-refractivity contribution is 0.317. The molecular weight excluding hydrogens is 250 g/mol. The van der Waals surface area contributed by atoms with Crippen LogP contribution >= 0.6 is 0 Å². The van der Waals surface area contributed by atoms with Crippen molar-refractivity contribution in [3.63, 3.8) is 0 Å². The SMILES string of the molecule is Cc1cc(C#N)nc(N2CCC(C3CCCN3)CC2)n1. The average molecular weight is 271 g/mol. The fourth-order valence-corrected chi connectivity index (χ4v) is 3.37. The third kappa shape index (κ3) is 2.75. The van der Waals surface area contributed by atoms with E-state index < -0.39 is 0 Å². The van der Waals surface area contributed by atoms with E-state index in [-0.39, 0.29) is 0 Å². The van der Waals surface area contributed by atoms with Gasteiger partial charge in [0.1, 0.15) is 11.8 Å². The minimum Gasteiger partial charge on any atom is -0.341 e. The van der Waals surface area contributed by atoms with Gasteiger partial charge in [0, 0.05) is 24.8 Å². The standard InChI is InChI=1S/C15H21N5/c1-11-9-13(10-16)19-15(18-11)20-7-4-12(5-8-20)14-3-2-6-17-14/h9,12,14,17H,2-8H2,1H3. The summed E-state index contributed by atoms with van der Waals surface area (Å²) in [5.41, 5.74) is 1.33. The summed E-state index contributed by atoms with van der Waals surface area (Å²) < 4.78 is 0. The minimum atomic E-state index is 0.465. The van der Waals surface area contributed by atoms with Crippen LogP contribution in [0.1, 0.15) is 37.1 Å². The Morgan fingerprint density at radius 1 is 1.30 bits per heavy atom. The third-order valence-electron chi connectivity index (χ3n) is 4.45. The predicted molar refractivity (Wildman–Crippen MR) is 77.4 cm³/mol. The number of rotatable bonds is 2. The molecule has 1 aromatic heterocycles. The third-order valence-corrected chi connectivity index (χ3v) is 4.45. The molecule has 0 radical (unpaired) electrons. The number of piperidine rings is 1. The first-order chi connectivity index (χ1) is 9.76. The molecule has 1 N–H and O–H groups in total. The Hall–Kier alpha value is -1.67. The molecule has 3 rings (SSSR count). The van der Waals surface area contributed by atoms with Crippen molar-refractivity contribution in [2.45, 2.75) is 38.6 Å². The second-order valence-electron chi connectivity index (χ2n) is 5.83. The zero-order valence-corrected chi connectivity index (χ0v) is 12.0. The molecule has 3 heterocycles. The zero-order valence-electron chi connectivity index (χ0n) is 12.0. The van der Waals surface area contributed by atoms with Crippen LogP contribution in [-0.4, -0.2) is 35.6 Å². The van der Waals surface area contributed by atoms with E-state index in [9.17, 15) is 0 Å². The molecule has 0 aliphatic carbocycles. The van der Waals surface area contributed by atoms with E-state index in [0.29, 0.717) is 11.7 Å². The summed E-state index contributed by atoms with van der Waals surface area (Å²) >= 11 is 0. The number of nitriles is 1. The van der Waals surface area contributed by atoms with E-state index >= 15 is 0 Å². The molecule has 106 valence electrons. The highest BCUT2D eigenvalue weighted by atomic mass is 15.3. The molecule has 2 aliphatic rings. The number of nitrogens with one attached hydrogen (secondary N) is 1. The number of hydrogen-bond donors (Lipinski definition) is 1. The van der Waals surface area contributed by atoms with Gasteiger partial charge in [0.25, 0.3) is 0 Å². The van der Waals surface area contributed by atoms with Crippen LogP contribution in [0, 0.1) is 24.2 Å². The van der Waals surface area contributed by atoms with Crippen molar-refractivity contribution in [3.8, 4) is 6.07 Å². The van der Waals surface area contributed by atoms with Gasteiger partial charge >= 0.3 is 0 Å².